The number of aliphatic hydroxyl groups excluding tert-OH is 1. The van der Waals surface area contributed by atoms with E-state index in [1.807, 2.05) is 66.7 Å². The van der Waals surface area contributed by atoms with Crippen molar-refractivity contribution in [2.24, 2.45) is 4.99 Å². The summed E-state index contributed by atoms with van der Waals surface area (Å²) in [7, 11) is 1.36. The van der Waals surface area contributed by atoms with Crippen molar-refractivity contribution in [2.45, 2.75) is 19.2 Å². The molecule has 4 rings (SSSR count). The highest BCUT2D eigenvalue weighted by molar-refractivity contribution is 8.17. The minimum atomic E-state index is -0.901. The van der Waals surface area contributed by atoms with E-state index in [1.165, 1.54) is 18.9 Å². The van der Waals surface area contributed by atoms with Crippen molar-refractivity contribution >= 4 is 29.0 Å². The van der Waals surface area contributed by atoms with Gasteiger partial charge in [0.15, 0.2) is 11.4 Å². The molecule has 2 heterocycles. The Labute approximate surface area is 168 Å². The van der Waals surface area contributed by atoms with Gasteiger partial charge in [-0.25, -0.2) is 9.79 Å². The first-order chi connectivity index (χ1) is 13.6. The Morgan fingerprint density at radius 1 is 1.14 bits per heavy atom. The van der Waals surface area contributed by atoms with Crippen LogP contribution in [0, 0.1) is 0 Å². The van der Waals surface area contributed by atoms with Crippen molar-refractivity contribution in [3.05, 3.63) is 88.0 Å². The molecule has 142 valence electrons. The summed E-state index contributed by atoms with van der Waals surface area (Å²) in [6, 6.07) is 19.0. The Balaban J connectivity index is 1.80. The number of hydrogen-bond donors (Lipinski definition) is 1. The van der Waals surface area contributed by atoms with Gasteiger partial charge in [-0.1, -0.05) is 72.4 Å². The number of amidine groups is 1. The predicted octanol–water partition coefficient (Wildman–Crippen LogP) is 3.95. The van der Waals surface area contributed by atoms with Gasteiger partial charge in [0.25, 0.3) is 0 Å². The monoisotopic (exact) mass is 392 g/mol. The smallest absolute Gasteiger partial charge is 0.338 e. The zero-order chi connectivity index (χ0) is 19.7. The van der Waals surface area contributed by atoms with E-state index in [9.17, 15) is 9.90 Å². The lowest BCUT2D eigenvalue weighted by molar-refractivity contribution is -0.137. The van der Waals surface area contributed by atoms with Crippen molar-refractivity contribution in [1.29, 1.82) is 0 Å². The van der Waals surface area contributed by atoms with Crippen LogP contribution in [0.3, 0.4) is 0 Å². The lowest BCUT2D eigenvalue weighted by atomic mass is 9.94. The Morgan fingerprint density at radius 3 is 2.43 bits per heavy atom. The van der Waals surface area contributed by atoms with Crippen LogP contribution in [0.4, 0.5) is 0 Å². The van der Waals surface area contributed by atoms with Crippen LogP contribution in [-0.4, -0.2) is 34.5 Å². The van der Waals surface area contributed by atoms with E-state index in [0.717, 1.165) is 16.0 Å². The Bertz CT molecular complexity index is 983. The molecule has 0 radical (unpaired) electrons. The molecule has 2 aliphatic heterocycles. The average molecular weight is 392 g/mol. The summed E-state index contributed by atoms with van der Waals surface area (Å²) in [5, 5.41) is 11.8. The summed E-state index contributed by atoms with van der Waals surface area (Å²) in [6.07, 6.45) is 1.05. The molecule has 0 bridgehead atoms. The third kappa shape index (κ3) is 3.25. The molecule has 1 N–H and O–H groups in total. The number of carbonyl (C=O) groups excluding carboxylic acids is 1. The first kappa shape index (κ1) is 18.5. The molecule has 1 fully saturated rings. The maximum Gasteiger partial charge on any atom is 0.338 e. The molecule has 6 heteroatoms. The number of aliphatic hydroxyl groups is 1. The van der Waals surface area contributed by atoms with Gasteiger partial charge in [0, 0.05) is 4.91 Å². The van der Waals surface area contributed by atoms with E-state index in [1.54, 1.807) is 11.8 Å². The van der Waals surface area contributed by atoms with Crippen LogP contribution in [0.1, 0.15) is 24.1 Å². The highest BCUT2D eigenvalue weighted by Gasteiger charge is 2.45. The number of fused-ring (bicyclic) bond motifs is 1. The molecule has 2 unspecified atom stereocenters. The molecular weight excluding hydrogens is 372 g/mol. The minimum absolute atomic E-state index is 0.438. The first-order valence-electron chi connectivity index (χ1n) is 8.93. The molecule has 1 saturated heterocycles. The number of hydrogen-bond acceptors (Lipinski definition) is 6. The molecule has 2 aliphatic rings. The van der Waals surface area contributed by atoms with Gasteiger partial charge in [-0.15, -0.1) is 0 Å². The highest BCUT2D eigenvalue weighted by Crippen LogP contribution is 2.47. The molecule has 0 spiro atoms. The molecule has 0 aromatic heterocycles. The van der Waals surface area contributed by atoms with Crippen LogP contribution in [0.2, 0.25) is 0 Å². The van der Waals surface area contributed by atoms with Crippen LogP contribution in [0.25, 0.3) is 6.08 Å². The number of rotatable bonds is 3. The Kier molecular flexibility index (Phi) is 5.07. The van der Waals surface area contributed by atoms with E-state index in [-0.39, 0.29) is 0 Å². The van der Waals surface area contributed by atoms with E-state index in [2.05, 4.69) is 4.99 Å². The normalized spacial score (nSPS) is 22.9. The van der Waals surface area contributed by atoms with E-state index >= 15 is 0 Å². The van der Waals surface area contributed by atoms with Gasteiger partial charge in [-0.2, -0.15) is 0 Å². The summed E-state index contributed by atoms with van der Waals surface area (Å²) in [4.78, 5) is 19.7. The largest absolute Gasteiger partial charge is 0.466 e. The zero-order valence-corrected chi connectivity index (χ0v) is 16.4. The second-order valence-corrected chi connectivity index (χ2v) is 7.58. The van der Waals surface area contributed by atoms with Crippen LogP contribution in [0.15, 0.2) is 81.8 Å². The van der Waals surface area contributed by atoms with E-state index in [4.69, 9.17) is 4.74 Å². The fourth-order valence-electron chi connectivity index (χ4n) is 3.47. The number of nitrogens with zero attached hydrogens (tertiary/aromatic N) is 2. The molecule has 5 nitrogen and oxygen atoms in total. The average Bonchev–Trinajstić information content (AvgIpc) is 3.02. The molecule has 0 amide bonds. The van der Waals surface area contributed by atoms with Crippen LogP contribution in [0.5, 0.6) is 0 Å². The maximum absolute atomic E-state index is 12.5. The molecule has 28 heavy (non-hydrogen) atoms. The van der Waals surface area contributed by atoms with Gasteiger partial charge in [0.05, 0.1) is 24.4 Å². The van der Waals surface area contributed by atoms with Gasteiger partial charge < -0.3 is 14.7 Å². The summed E-state index contributed by atoms with van der Waals surface area (Å²) in [5.41, 5.74) is 2.94. The van der Waals surface area contributed by atoms with Crippen LogP contribution in [-0.2, 0) is 9.53 Å². The predicted molar refractivity (Wildman–Crippen MR) is 111 cm³/mol. The fraction of sp³-hybridized carbons (Fsp3) is 0.182. The fourth-order valence-corrected chi connectivity index (χ4v) is 4.59. The lowest BCUT2D eigenvalue weighted by Crippen LogP contribution is -2.41. The van der Waals surface area contributed by atoms with Gasteiger partial charge in [-0.05, 0) is 24.1 Å². The number of allylic oxidation sites excluding steroid dienone is 1. The van der Waals surface area contributed by atoms with Crippen molar-refractivity contribution < 1.29 is 14.6 Å². The van der Waals surface area contributed by atoms with E-state index < -0.39 is 18.2 Å². The summed E-state index contributed by atoms with van der Waals surface area (Å²) in [6.45, 7) is 1.80. The Morgan fingerprint density at radius 2 is 1.79 bits per heavy atom. The molecule has 2 atom stereocenters. The van der Waals surface area contributed by atoms with Crippen molar-refractivity contribution in [3.8, 4) is 0 Å². The highest BCUT2D eigenvalue weighted by atomic mass is 32.2. The zero-order valence-electron chi connectivity index (χ0n) is 15.6. The topological polar surface area (TPSA) is 62.1 Å². The molecule has 2 aromatic carbocycles. The number of methoxy groups -OCH3 is 1. The summed E-state index contributed by atoms with van der Waals surface area (Å²) in [5.74, 6) is -0.438. The number of esters is 1. The minimum Gasteiger partial charge on any atom is -0.466 e. The molecular formula is C22H20N2O3S. The van der Waals surface area contributed by atoms with Crippen molar-refractivity contribution in [3.63, 3.8) is 0 Å². The third-order valence-electron chi connectivity index (χ3n) is 4.78. The van der Waals surface area contributed by atoms with Crippen molar-refractivity contribution in [2.75, 3.05) is 7.11 Å². The number of carbonyl (C=O) groups is 1. The second-order valence-electron chi connectivity index (χ2n) is 6.54. The van der Waals surface area contributed by atoms with Gasteiger partial charge in [0.1, 0.15) is 0 Å². The molecule has 0 aliphatic carbocycles. The van der Waals surface area contributed by atoms with Gasteiger partial charge in [0.2, 0.25) is 0 Å². The van der Waals surface area contributed by atoms with Crippen LogP contribution >= 0.6 is 11.8 Å². The second kappa shape index (κ2) is 7.66. The first-order valence-corrected chi connectivity index (χ1v) is 9.75. The molecule has 0 saturated carbocycles. The number of aliphatic imine (C=N–C) groups is 1. The van der Waals surface area contributed by atoms with Gasteiger partial charge in [-0.3, -0.25) is 0 Å². The number of ether oxygens (including phenoxy) is 1. The standard InChI is InChI=1S/C22H20N2O3S/c1-14-18(21(26)27-2)19(16-11-7-4-8-12-16)24-20(25)17(28-22(24)23-14)13-15-9-5-3-6-10-15/h3-13,19-20,25H,1-2H3/b17-13+. The SMILES string of the molecule is COC(=O)C1=C(C)N=C2S/C(=C/c3ccccc3)C(O)N2C1c1ccccc1. The summed E-state index contributed by atoms with van der Waals surface area (Å²) >= 11 is 1.42. The number of benzene rings is 2. The van der Waals surface area contributed by atoms with Gasteiger partial charge >= 0.3 is 5.97 Å². The summed E-state index contributed by atoms with van der Waals surface area (Å²) < 4.78 is 5.02. The maximum atomic E-state index is 12.5. The lowest BCUT2D eigenvalue weighted by Gasteiger charge is -2.36. The van der Waals surface area contributed by atoms with Crippen molar-refractivity contribution in [1.82, 2.24) is 4.90 Å². The third-order valence-corrected chi connectivity index (χ3v) is 5.83. The van der Waals surface area contributed by atoms with E-state index in [0.29, 0.717) is 16.4 Å². The van der Waals surface area contributed by atoms with Crippen LogP contribution < -0.4 is 0 Å². The molecule has 2 aromatic rings. The number of thioether (sulfide) groups is 1. The quantitative estimate of drug-likeness (QED) is 0.802. The Hall–Kier alpha value is -2.83.